The molecule has 16 heteroatoms. The maximum absolute atomic E-state index is 14.0. The molecule has 214 valence electrons. The van der Waals surface area contributed by atoms with Gasteiger partial charge in [0.05, 0.1) is 26.9 Å². The minimum absolute atomic E-state index is 0.0514. The molecule has 0 heterocycles. The molecule has 0 aliphatic rings. The first-order valence-electron chi connectivity index (χ1n) is 11.0. The normalized spacial score (nSPS) is 11.7. The molecule has 0 unspecified atom stereocenters. The van der Waals surface area contributed by atoms with Crippen molar-refractivity contribution in [3.63, 3.8) is 0 Å². The van der Waals surface area contributed by atoms with E-state index in [9.17, 15) is 21.6 Å². The average Bonchev–Trinajstić information content (AvgIpc) is 2.85. The smallest absolute Gasteiger partial charge is 0.277 e. The molecule has 0 spiro atoms. The highest BCUT2D eigenvalue weighted by atomic mass is 35.5. The molecule has 1 amide bonds. The molecule has 0 aromatic heterocycles. The summed E-state index contributed by atoms with van der Waals surface area (Å²) in [7, 11) is -9.84. The van der Waals surface area contributed by atoms with Gasteiger partial charge in [0.25, 0.3) is 20.0 Å². The fraction of sp³-hybridized carbons (Fsp3) is 0. The van der Waals surface area contributed by atoms with Gasteiger partial charge in [0.15, 0.2) is 0 Å². The number of carbonyl (C=O) groups excluding carboxylic acids is 1. The van der Waals surface area contributed by atoms with Gasteiger partial charge in [0.1, 0.15) is 0 Å². The predicted octanol–water partition coefficient (Wildman–Crippen LogP) is 8.18. The minimum Gasteiger partial charge on any atom is -0.291 e. The van der Waals surface area contributed by atoms with Crippen molar-refractivity contribution >= 4 is 113 Å². The molecule has 0 bridgehead atoms. The second kappa shape index (κ2) is 12.4. The van der Waals surface area contributed by atoms with Crippen molar-refractivity contribution in [2.24, 2.45) is 0 Å². The van der Waals surface area contributed by atoms with Crippen molar-refractivity contribution in [2.45, 2.75) is 9.79 Å². The lowest BCUT2D eigenvalue weighted by Gasteiger charge is -2.26. The molecule has 0 saturated heterocycles. The number of sulfonamides is 2. The Kier molecular flexibility index (Phi) is 9.57. The summed E-state index contributed by atoms with van der Waals surface area (Å²) in [6.07, 6.45) is 0.384. The summed E-state index contributed by atoms with van der Waals surface area (Å²) < 4.78 is 56.1. The van der Waals surface area contributed by atoms with Gasteiger partial charge in [-0.1, -0.05) is 75.7 Å². The lowest BCUT2D eigenvalue weighted by atomic mass is 10.3. The number of nitrogens with zero attached hydrogens (tertiary/aromatic N) is 2. The van der Waals surface area contributed by atoms with Crippen molar-refractivity contribution in [1.29, 1.82) is 0 Å². The highest BCUT2D eigenvalue weighted by Crippen LogP contribution is 2.36. The van der Waals surface area contributed by atoms with Crippen LogP contribution in [0, 0.1) is 0 Å². The Morgan fingerprint density at radius 3 is 1.37 bits per heavy atom. The fourth-order valence-corrected chi connectivity index (χ4v) is 9.27. The number of amides is 1. The highest BCUT2D eigenvalue weighted by molar-refractivity contribution is 8.10. The van der Waals surface area contributed by atoms with Gasteiger partial charge >= 0.3 is 0 Å². The molecule has 0 fully saturated rings. The van der Waals surface area contributed by atoms with Gasteiger partial charge in [0.2, 0.25) is 6.41 Å². The van der Waals surface area contributed by atoms with Crippen LogP contribution >= 0.6 is 69.6 Å². The second-order valence-electron chi connectivity index (χ2n) is 8.18. The van der Waals surface area contributed by atoms with Crippen LogP contribution in [0.25, 0.3) is 0 Å². The molecule has 0 radical (unpaired) electrons. The van der Waals surface area contributed by atoms with Crippen LogP contribution in [0.5, 0.6) is 0 Å². The van der Waals surface area contributed by atoms with E-state index in [-0.39, 0.29) is 45.2 Å². The summed E-state index contributed by atoms with van der Waals surface area (Å²) in [6.45, 7) is 0. The Hall–Kier alpha value is -2.41. The van der Waals surface area contributed by atoms with E-state index in [4.69, 9.17) is 69.6 Å². The van der Waals surface area contributed by atoms with Crippen LogP contribution in [0.1, 0.15) is 0 Å². The van der Waals surface area contributed by atoms with Crippen molar-refractivity contribution in [3.8, 4) is 0 Å². The highest BCUT2D eigenvalue weighted by Gasteiger charge is 2.38. The molecule has 8 nitrogen and oxygen atoms in total. The SMILES string of the molecule is O=CN(Nc1cc(Cl)cc(Cl)c1)c1cccc(N(S(=O)(=O)c2cc(Cl)cc(Cl)c2)S(=O)(=O)c2cc(Cl)cc(Cl)c2)c1. The lowest BCUT2D eigenvalue weighted by Crippen LogP contribution is -2.37. The van der Waals surface area contributed by atoms with Crippen LogP contribution in [0.2, 0.25) is 30.1 Å². The molecule has 0 aliphatic carbocycles. The molecule has 4 rings (SSSR count). The molecular formula is C25H15Cl6N3O5S2. The number of carbonyl (C=O) groups is 1. The molecule has 4 aromatic carbocycles. The van der Waals surface area contributed by atoms with Gasteiger partial charge in [0, 0.05) is 30.1 Å². The number of halogens is 6. The summed E-state index contributed by atoms with van der Waals surface area (Å²) in [5.41, 5.74) is 2.78. The maximum atomic E-state index is 14.0. The van der Waals surface area contributed by atoms with E-state index in [0.29, 0.717) is 12.1 Å². The van der Waals surface area contributed by atoms with Crippen molar-refractivity contribution < 1.29 is 21.6 Å². The number of anilines is 3. The van der Waals surface area contributed by atoms with Crippen LogP contribution < -0.4 is 14.1 Å². The second-order valence-corrected chi connectivity index (χ2v) is 14.6. The first kappa shape index (κ1) is 31.5. The topological polar surface area (TPSA) is 104 Å². The van der Waals surface area contributed by atoms with E-state index in [1.165, 1.54) is 48.5 Å². The third-order valence-electron chi connectivity index (χ3n) is 5.24. The number of nitrogens with one attached hydrogen (secondary N) is 1. The van der Waals surface area contributed by atoms with Crippen molar-refractivity contribution in [1.82, 2.24) is 0 Å². The molecule has 1 N–H and O–H groups in total. The number of hydrazine groups is 1. The average molecular weight is 714 g/mol. The van der Waals surface area contributed by atoms with Crippen LogP contribution in [0.15, 0.2) is 88.7 Å². The minimum atomic E-state index is -4.92. The van der Waals surface area contributed by atoms with Crippen LogP contribution in [0.4, 0.5) is 17.1 Å². The monoisotopic (exact) mass is 711 g/mol. The van der Waals surface area contributed by atoms with Crippen LogP contribution in [0.3, 0.4) is 0 Å². The Bertz CT molecular complexity index is 1730. The standard InChI is InChI=1S/C25H15Cl6N3O5S2/c26-15-4-16(27)8-21(7-15)32-33(14-35)22-2-1-3-23(13-22)34(40(36,37)24-9-17(28)5-18(29)10-24)41(38,39)25-11-19(30)6-20(31)12-25/h1-14,32H. The number of benzene rings is 4. The third-order valence-corrected chi connectivity index (χ3v) is 10.7. The summed E-state index contributed by atoms with van der Waals surface area (Å²) in [4.78, 5) is 11.0. The molecule has 0 saturated carbocycles. The zero-order valence-electron chi connectivity index (χ0n) is 20.1. The summed E-state index contributed by atoms with van der Waals surface area (Å²) >= 11 is 36.2. The molecule has 41 heavy (non-hydrogen) atoms. The van der Waals surface area contributed by atoms with Gasteiger partial charge in [-0.2, -0.15) is 3.71 Å². The zero-order valence-corrected chi connectivity index (χ0v) is 26.3. The summed E-state index contributed by atoms with van der Waals surface area (Å²) in [6, 6.07) is 16.4. The Morgan fingerprint density at radius 2 is 0.951 bits per heavy atom. The first-order valence-corrected chi connectivity index (χ1v) is 16.2. The van der Waals surface area contributed by atoms with Gasteiger partial charge in [-0.3, -0.25) is 10.2 Å². The number of hydrogen-bond donors (Lipinski definition) is 1. The van der Waals surface area contributed by atoms with Crippen molar-refractivity contribution in [2.75, 3.05) is 14.1 Å². The summed E-state index contributed by atoms with van der Waals surface area (Å²) in [5.74, 6) is 0. The largest absolute Gasteiger partial charge is 0.291 e. The van der Waals surface area contributed by atoms with E-state index >= 15 is 0 Å². The van der Waals surface area contributed by atoms with Crippen LogP contribution in [-0.4, -0.2) is 23.2 Å². The van der Waals surface area contributed by atoms with Gasteiger partial charge in [-0.15, -0.1) is 0 Å². The Balaban J connectivity index is 1.91. The van der Waals surface area contributed by atoms with Crippen molar-refractivity contribution in [3.05, 3.63) is 109 Å². The fourth-order valence-electron chi connectivity index (χ4n) is 3.62. The van der Waals surface area contributed by atoms with E-state index in [1.54, 1.807) is 0 Å². The number of hydrogen-bond acceptors (Lipinski definition) is 6. The Labute approximate surface area is 266 Å². The third kappa shape index (κ3) is 7.15. The molecule has 0 aliphatic heterocycles. The number of rotatable bonds is 9. The predicted molar refractivity (Wildman–Crippen MR) is 165 cm³/mol. The van der Waals surface area contributed by atoms with Gasteiger partial charge in [-0.25, -0.2) is 21.8 Å². The van der Waals surface area contributed by atoms with Gasteiger partial charge < -0.3 is 0 Å². The van der Waals surface area contributed by atoms with E-state index < -0.39 is 29.8 Å². The molecule has 0 atom stereocenters. The molecule has 4 aromatic rings. The summed E-state index contributed by atoms with van der Waals surface area (Å²) in [5, 5.41) is 1.32. The molecular weight excluding hydrogens is 699 g/mol. The Morgan fingerprint density at radius 1 is 0.561 bits per heavy atom. The van der Waals surface area contributed by atoms with E-state index in [1.807, 2.05) is 0 Å². The van der Waals surface area contributed by atoms with E-state index in [2.05, 4.69) is 5.43 Å². The first-order chi connectivity index (χ1) is 19.2. The van der Waals surface area contributed by atoms with E-state index in [0.717, 1.165) is 35.3 Å². The van der Waals surface area contributed by atoms with Crippen LogP contribution in [-0.2, 0) is 24.8 Å². The zero-order chi connectivity index (χ0) is 30.1. The van der Waals surface area contributed by atoms with Gasteiger partial charge in [-0.05, 0) is 72.8 Å². The quantitative estimate of drug-likeness (QED) is 0.139. The lowest BCUT2D eigenvalue weighted by molar-refractivity contribution is -0.107. The maximum Gasteiger partial charge on any atom is 0.277 e.